The topological polar surface area (TPSA) is 192 Å². The first kappa shape index (κ1) is 40.8. The summed E-state index contributed by atoms with van der Waals surface area (Å²) in [5, 5.41) is 57.9. The number of aliphatic hydroxyl groups is 5. The van der Waals surface area contributed by atoms with E-state index >= 15 is 0 Å². The highest BCUT2D eigenvalue weighted by molar-refractivity contribution is 7.91. The summed E-state index contributed by atoms with van der Waals surface area (Å²) in [6.07, 6.45) is 0.443. The van der Waals surface area contributed by atoms with Crippen molar-refractivity contribution in [2.45, 2.75) is 113 Å². The van der Waals surface area contributed by atoms with Crippen LogP contribution in [-0.2, 0) is 14.6 Å². The molecule has 1 aliphatic rings. The number of nitrogens with zero attached hydrogens (tertiary/aromatic N) is 1. The molecule has 1 amide bonds. The molecule has 13 heteroatoms. The van der Waals surface area contributed by atoms with Crippen LogP contribution in [0.4, 0.5) is 11.4 Å². The maximum Gasteiger partial charge on any atom is 0.224 e. The zero-order chi connectivity index (χ0) is 36.2. The lowest BCUT2D eigenvalue weighted by atomic mass is 9.86. The number of sulfone groups is 1. The molecular weight excluding hydrogens is 648 g/mol. The third-order valence-electron chi connectivity index (χ3n) is 9.28. The van der Waals surface area contributed by atoms with Gasteiger partial charge in [-0.25, -0.2) is 8.42 Å². The van der Waals surface area contributed by atoms with E-state index < -0.39 is 52.4 Å². The number of carbonyl (C=O) groups excluding carboxylic acids is 1. The number of rotatable bonds is 20. The van der Waals surface area contributed by atoms with E-state index in [1.54, 1.807) is 6.07 Å². The molecule has 0 saturated heterocycles. The van der Waals surface area contributed by atoms with Crippen LogP contribution in [0, 0.1) is 0 Å². The summed E-state index contributed by atoms with van der Waals surface area (Å²) in [7, 11) is 0.255. The molecule has 1 unspecified atom stereocenters. The Morgan fingerprint density at radius 2 is 1.63 bits per heavy atom. The average Bonchev–Trinajstić information content (AvgIpc) is 3.18. The third kappa shape index (κ3) is 11.4. The van der Waals surface area contributed by atoms with Crippen molar-refractivity contribution in [2.75, 3.05) is 49.8 Å². The predicted molar refractivity (Wildman–Crippen MR) is 192 cm³/mol. The van der Waals surface area contributed by atoms with E-state index in [2.05, 4.69) is 29.8 Å². The average molecular weight is 707 g/mol. The van der Waals surface area contributed by atoms with E-state index in [0.29, 0.717) is 35.5 Å². The predicted octanol–water partition coefficient (Wildman–Crippen LogP) is 2.47. The van der Waals surface area contributed by atoms with Crippen LogP contribution in [0.2, 0.25) is 0 Å². The Kier molecular flexibility index (Phi) is 15.9. The zero-order valence-corrected chi connectivity index (χ0v) is 30.3. The summed E-state index contributed by atoms with van der Waals surface area (Å²) in [6.45, 7) is 3.91. The number of nitrogens with one attached hydrogen (secondary N) is 3. The van der Waals surface area contributed by atoms with Crippen molar-refractivity contribution in [3.8, 4) is 0 Å². The molecule has 0 aromatic heterocycles. The summed E-state index contributed by atoms with van der Waals surface area (Å²) in [6, 6.07) is 12.7. The molecular formula is C36H58N4O8S. The molecule has 8 N–H and O–H groups in total. The second kappa shape index (κ2) is 19.1. The van der Waals surface area contributed by atoms with Gasteiger partial charge in [0, 0.05) is 44.0 Å². The molecule has 276 valence electrons. The summed E-state index contributed by atoms with van der Waals surface area (Å²) in [5.41, 5.74) is 2.49. The van der Waals surface area contributed by atoms with Crippen molar-refractivity contribution < 1.29 is 38.7 Å². The molecule has 0 saturated carbocycles. The minimum Gasteiger partial charge on any atom is -0.394 e. The van der Waals surface area contributed by atoms with E-state index in [4.69, 9.17) is 5.11 Å². The Bertz CT molecular complexity index is 1430. The Morgan fingerprint density at radius 3 is 2.27 bits per heavy atom. The van der Waals surface area contributed by atoms with Gasteiger partial charge in [-0.1, -0.05) is 51.7 Å². The first-order chi connectivity index (χ1) is 23.3. The fraction of sp³-hybridized carbons (Fsp3) is 0.639. The number of benzene rings is 2. The second-order valence-electron chi connectivity index (χ2n) is 13.6. The SMILES string of the molecule is CCCCC1(CCCC)CS(=O)(=O)c2ccc(N(C)C)cc2C(c2cccc(NC(=O)CCCCNC[C@H](O)[C@@H](O)[C@H](O)[C@H](O)CO)c2)N1. The van der Waals surface area contributed by atoms with Gasteiger partial charge in [-0.3, -0.25) is 10.1 Å². The van der Waals surface area contributed by atoms with Crippen LogP contribution < -0.4 is 20.9 Å². The molecule has 5 atom stereocenters. The maximum absolute atomic E-state index is 14.0. The molecule has 12 nitrogen and oxygen atoms in total. The molecule has 2 aromatic rings. The van der Waals surface area contributed by atoms with Crippen LogP contribution in [0.25, 0.3) is 0 Å². The number of fused-ring (bicyclic) bond motifs is 1. The Balaban J connectivity index is 1.74. The molecule has 49 heavy (non-hydrogen) atoms. The van der Waals surface area contributed by atoms with E-state index in [0.717, 1.165) is 49.8 Å². The van der Waals surface area contributed by atoms with Gasteiger partial charge in [0.1, 0.15) is 18.3 Å². The first-order valence-corrected chi connectivity index (χ1v) is 19.2. The lowest BCUT2D eigenvalue weighted by Crippen LogP contribution is -2.50. The van der Waals surface area contributed by atoms with Crippen molar-refractivity contribution in [1.82, 2.24) is 10.6 Å². The van der Waals surface area contributed by atoms with Gasteiger partial charge in [-0.05, 0) is 73.7 Å². The van der Waals surface area contributed by atoms with Gasteiger partial charge >= 0.3 is 0 Å². The van der Waals surface area contributed by atoms with E-state index in [1.165, 1.54) is 0 Å². The summed E-state index contributed by atoms with van der Waals surface area (Å²) >= 11 is 0. The summed E-state index contributed by atoms with van der Waals surface area (Å²) in [5.74, 6) is -0.134. The van der Waals surface area contributed by atoms with E-state index in [-0.39, 0.29) is 24.6 Å². The standard InChI is InChI=1S/C36H58N4O8S/c1-5-7-17-36(18-8-6-2)24-49(47,48)31-16-15-27(40(3)4)21-28(31)33(39-36)25-12-11-13-26(20-25)38-32(44)14-9-10-19-37-22-29(42)34(45)35(46)30(43)23-41/h11-13,15-16,20-21,29-30,33-35,37,39,41-43,45-46H,5-10,14,17-19,22-24H2,1-4H3,(H,38,44)/t29-,30+,33?,34+,35+/m0/s1. The summed E-state index contributed by atoms with van der Waals surface area (Å²) in [4.78, 5) is 15.2. The molecule has 0 aliphatic carbocycles. The zero-order valence-electron chi connectivity index (χ0n) is 29.4. The highest BCUT2D eigenvalue weighted by Crippen LogP contribution is 2.40. The van der Waals surface area contributed by atoms with Gasteiger partial charge in [0.2, 0.25) is 5.91 Å². The Labute approximate surface area is 291 Å². The van der Waals surface area contributed by atoms with E-state index in [1.807, 2.05) is 55.4 Å². The van der Waals surface area contributed by atoms with Gasteiger partial charge in [-0.2, -0.15) is 0 Å². The largest absolute Gasteiger partial charge is 0.394 e. The molecule has 3 rings (SSSR count). The second-order valence-corrected chi connectivity index (χ2v) is 15.5. The quantitative estimate of drug-likeness (QED) is 0.0944. The molecule has 1 aliphatic heterocycles. The molecule has 0 radical (unpaired) electrons. The van der Waals surface area contributed by atoms with Gasteiger partial charge in [0.05, 0.1) is 29.4 Å². The fourth-order valence-electron chi connectivity index (χ4n) is 6.39. The van der Waals surface area contributed by atoms with Crippen molar-refractivity contribution in [1.29, 1.82) is 0 Å². The monoisotopic (exact) mass is 706 g/mol. The Hall–Kier alpha value is -2.62. The van der Waals surface area contributed by atoms with Crippen LogP contribution in [-0.4, -0.2) is 109 Å². The number of amides is 1. The van der Waals surface area contributed by atoms with Crippen LogP contribution in [0.3, 0.4) is 0 Å². The first-order valence-electron chi connectivity index (χ1n) is 17.5. The third-order valence-corrected chi connectivity index (χ3v) is 11.3. The number of unbranched alkanes of at least 4 members (excludes halogenated alkanes) is 3. The van der Waals surface area contributed by atoms with Gasteiger partial charge < -0.3 is 41.1 Å². The highest BCUT2D eigenvalue weighted by atomic mass is 32.2. The number of aliphatic hydroxyl groups excluding tert-OH is 5. The summed E-state index contributed by atoms with van der Waals surface area (Å²) < 4.78 is 28.1. The van der Waals surface area contributed by atoms with E-state index in [9.17, 15) is 33.6 Å². The maximum atomic E-state index is 14.0. The lowest BCUT2D eigenvalue weighted by molar-refractivity contribution is -0.116. The number of carbonyl (C=O) groups is 1. The number of anilines is 2. The minimum absolute atomic E-state index is 0.0322. The van der Waals surface area contributed by atoms with Gasteiger partial charge in [-0.15, -0.1) is 0 Å². The number of hydrogen-bond acceptors (Lipinski definition) is 11. The highest BCUT2D eigenvalue weighted by Gasteiger charge is 2.42. The van der Waals surface area contributed by atoms with Gasteiger partial charge in [0.15, 0.2) is 9.84 Å². The Morgan fingerprint density at radius 1 is 0.959 bits per heavy atom. The van der Waals surface area contributed by atoms with Crippen molar-refractivity contribution in [2.24, 2.45) is 0 Å². The molecule has 2 aromatic carbocycles. The van der Waals surface area contributed by atoms with Crippen LogP contribution in [0.15, 0.2) is 47.4 Å². The smallest absolute Gasteiger partial charge is 0.224 e. The van der Waals surface area contributed by atoms with Crippen molar-refractivity contribution >= 4 is 27.1 Å². The lowest BCUT2D eigenvalue weighted by Gasteiger charge is -2.37. The van der Waals surface area contributed by atoms with Crippen LogP contribution in [0.5, 0.6) is 0 Å². The fourth-order valence-corrected chi connectivity index (χ4v) is 8.45. The molecule has 0 fully saturated rings. The molecule has 0 bridgehead atoms. The molecule has 1 heterocycles. The van der Waals surface area contributed by atoms with Crippen molar-refractivity contribution in [3.63, 3.8) is 0 Å². The molecule has 0 spiro atoms. The van der Waals surface area contributed by atoms with Crippen LogP contribution in [0.1, 0.15) is 88.8 Å². The normalized spacial score (nSPS) is 19.2. The van der Waals surface area contributed by atoms with Crippen LogP contribution >= 0.6 is 0 Å². The van der Waals surface area contributed by atoms with Gasteiger partial charge in [0.25, 0.3) is 0 Å². The number of hydrogen-bond donors (Lipinski definition) is 8. The van der Waals surface area contributed by atoms with Crippen molar-refractivity contribution in [3.05, 3.63) is 53.6 Å². The minimum atomic E-state index is -3.61.